The lowest BCUT2D eigenvalue weighted by Crippen LogP contribution is -2.03. The molecule has 1 aromatic carbocycles. The van der Waals surface area contributed by atoms with Crippen molar-refractivity contribution in [1.29, 1.82) is 0 Å². The van der Waals surface area contributed by atoms with Crippen molar-refractivity contribution in [3.63, 3.8) is 0 Å². The summed E-state index contributed by atoms with van der Waals surface area (Å²) in [5.74, 6) is 0.0420. The summed E-state index contributed by atoms with van der Waals surface area (Å²) in [5, 5.41) is 10.6. The van der Waals surface area contributed by atoms with Crippen molar-refractivity contribution in [2.45, 2.75) is 6.92 Å². The molecule has 0 amide bonds. The number of hydrogen-bond donors (Lipinski definition) is 1. The van der Waals surface area contributed by atoms with Crippen molar-refractivity contribution in [3.05, 3.63) is 46.6 Å². The molecular formula is C14H11N3O2S. The molecule has 0 fully saturated rings. The first kappa shape index (κ1) is 12.6. The van der Waals surface area contributed by atoms with Crippen LogP contribution in [0.3, 0.4) is 0 Å². The number of aryl methyl sites for hydroxylation is 1. The number of nitrogens with zero attached hydrogens (tertiary/aromatic N) is 2. The number of esters is 1. The molecule has 0 saturated carbocycles. The van der Waals surface area contributed by atoms with Gasteiger partial charge in [-0.3, -0.25) is 5.10 Å². The first-order valence-electron chi connectivity index (χ1n) is 5.96. The van der Waals surface area contributed by atoms with Gasteiger partial charge in [-0.05, 0) is 25.1 Å². The predicted octanol–water partition coefficient (Wildman–Crippen LogP) is 2.95. The molecule has 0 spiro atoms. The Balaban J connectivity index is 1.70. The molecule has 1 N–H and O–H groups in total. The Bertz CT molecular complexity index is 788. The molecule has 20 heavy (non-hydrogen) atoms. The van der Waals surface area contributed by atoms with Crippen LogP contribution in [0.1, 0.15) is 10.7 Å². The number of ether oxygens (including phenoxy) is 1. The van der Waals surface area contributed by atoms with Crippen molar-refractivity contribution in [2.24, 2.45) is 0 Å². The second kappa shape index (κ2) is 5.26. The van der Waals surface area contributed by atoms with E-state index in [0.717, 1.165) is 21.6 Å². The van der Waals surface area contributed by atoms with Gasteiger partial charge in [-0.25, -0.2) is 9.78 Å². The number of nitrogens with one attached hydrogen (secondary N) is 1. The third-order valence-electron chi connectivity index (χ3n) is 2.66. The first-order chi connectivity index (χ1) is 9.70. The van der Waals surface area contributed by atoms with Crippen molar-refractivity contribution in [2.75, 3.05) is 0 Å². The highest BCUT2D eigenvalue weighted by Gasteiger charge is 2.03. The number of carbonyl (C=O) groups is 1. The van der Waals surface area contributed by atoms with Gasteiger partial charge in [0.1, 0.15) is 5.75 Å². The smallest absolute Gasteiger partial charge is 0.336 e. The number of aromatic amines is 1. The molecule has 6 heteroatoms. The lowest BCUT2D eigenvalue weighted by molar-refractivity contribution is -0.128. The van der Waals surface area contributed by atoms with Gasteiger partial charge in [-0.1, -0.05) is 0 Å². The largest absolute Gasteiger partial charge is 0.423 e. The van der Waals surface area contributed by atoms with Crippen LogP contribution in [0.15, 0.2) is 35.9 Å². The monoisotopic (exact) mass is 285 g/mol. The standard InChI is InChI=1S/C14H11N3O2S/c1-9-16-11(8-20-9)3-5-14(18)19-12-4-2-10-7-15-17-13(10)6-12/h2-8H,1H3,(H,15,17)/b5-3+. The Hall–Kier alpha value is -2.47. The van der Waals surface area contributed by atoms with Crippen molar-refractivity contribution in [3.8, 4) is 5.75 Å². The summed E-state index contributed by atoms with van der Waals surface area (Å²) in [4.78, 5) is 15.9. The highest BCUT2D eigenvalue weighted by atomic mass is 32.1. The Morgan fingerprint density at radius 2 is 2.35 bits per heavy atom. The van der Waals surface area contributed by atoms with E-state index in [1.54, 1.807) is 24.4 Å². The van der Waals surface area contributed by atoms with Crippen LogP contribution >= 0.6 is 11.3 Å². The summed E-state index contributed by atoms with van der Waals surface area (Å²) in [5.41, 5.74) is 1.59. The molecular weight excluding hydrogens is 274 g/mol. The Morgan fingerprint density at radius 1 is 1.45 bits per heavy atom. The number of aromatic nitrogens is 3. The van der Waals surface area contributed by atoms with Crippen LogP contribution in [-0.4, -0.2) is 21.2 Å². The minimum atomic E-state index is -0.436. The quantitative estimate of drug-likeness (QED) is 0.456. The van der Waals surface area contributed by atoms with E-state index in [2.05, 4.69) is 15.2 Å². The normalized spacial score (nSPS) is 11.2. The van der Waals surface area contributed by atoms with E-state index >= 15 is 0 Å². The zero-order chi connectivity index (χ0) is 13.9. The average molecular weight is 285 g/mol. The van der Waals surface area contributed by atoms with E-state index in [1.165, 1.54) is 17.4 Å². The van der Waals surface area contributed by atoms with Crippen LogP contribution in [0.25, 0.3) is 17.0 Å². The molecule has 0 atom stereocenters. The third kappa shape index (κ3) is 2.75. The van der Waals surface area contributed by atoms with Gasteiger partial charge in [-0.2, -0.15) is 5.10 Å². The lowest BCUT2D eigenvalue weighted by Gasteiger charge is -2.00. The predicted molar refractivity (Wildman–Crippen MR) is 77.6 cm³/mol. The molecule has 2 heterocycles. The molecule has 0 aliphatic rings. The van der Waals surface area contributed by atoms with Gasteiger partial charge in [0.2, 0.25) is 0 Å². The van der Waals surface area contributed by atoms with Crippen molar-refractivity contribution >= 4 is 34.3 Å². The maximum Gasteiger partial charge on any atom is 0.336 e. The van der Waals surface area contributed by atoms with Crippen molar-refractivity contribution in [1.82, 2.24) is 15.2 Å². The second-order valence-electron chi connectivity index (χ2n) is 4.16. The summed E-state index contributed by atoms with van der Waals surface area (Å²) < 4.78 is 5.22. The minimum Gasteiger partial charge on any atom is -0.423 e. The summed E-state index contributed by atoms with van der Waals surface area (Å²) in [7, 11) is 0. The Labute approximate surface area is 118 Å². The van der Waals surface area contributed by atoms with Crippen LogP contribution < -0.4 is 4.74 Å². The Kier molecular flexibility index (Phi) is 3.30. The van der Waals surface area contributed by atoms with E-state index in [4.69, 9.17) is 4.74 Å². The summed E-state index contributed by atoms with van der Waals surface area (Å²) >= 11 is 1.54. The molecule has 3 aromatic rings. The summed E-state index contributed by atoms with van der Waals surface area (Å²) in [6, 6.07) is 5.31. The molecule has 0 bridgehead atoms. The third-order valence-corrected chi connectivity index (χ3v) is 3.45. The fourth-order valence-corrected chi connectivity index (χ4v) is 2.32. The highest BCUT2D eigenvalue weighted by molar-refractivity contribution is 7.09. The van der Waals surface area contributed by atoms with Gasteiger partial charge in [-0.15, -0.1) is 11.3 Å². The molecule has 0 radical (unpaired) electrons. The first-order valence-corrected chi connectivity index (χ1v) is 6.84. The summed E-state index contributed by atoms with van der Waals surface area (Å²) in [6.45, 7) is 1.92. The second-order valence-corrected chi connectivity index (χ2v) is 5.23. The van der Waals surface area contributed by atoms with Gasteiger partial charge in [0, 0.05) is 22.9 Å². The van der Waals surface area contributed by atoms with Gasteiger partial charge < -0.3 is 4.74 Å². The number of H-pyrrole nitrogens is 1. The number of carbonyl (C=O) groups excluding carboxylic acids is 1. The van der Waals surface area contributed by atoms with Gasteiger partial charge in [0.05, 0.1) is 22.4 Å². The molecule has 0 unspecified atom stereocenters. The van der Waals surface area contributed by atoms with Gasteiger partial charge in [0.15, 0.2) is 0 Å². The fraction of sp³-hybridized carbons (Fsp3) is 0.0714. The highest BCUT2D eigenvalue weighted by Crippen LogP contribution is 2.18. The van der Waals surface area contributed by atoms with Gasteiger partial charge in [0.25, 0.3) is 0 Å². The van der Waals surface area contributed by atoms with E-state index in [0.29, 0.717) is 5.75 Å². The lowest BCUT2D eigenvalue weighted by atomic mass is 10.2. The number of thiazole rings is 1. The molecule has 0 aliphatic carbocycles. The summed E-state index contributed by atoms with van der Waals surface area (Å²) in [6.07, 6.45) is 4.72. The molecule has 5 nitrogen and oxygen atoms in total. The van der Waals surface area contributed by atoms with Crippen LogP contribution in [0.4, 0.5) is 0 Å². The number of benzene rings is 1. The topological polar surface area (TPSA) is 67.9 Å². The molecule has 100 valence electrons. The fourth-order valence-electron chi connectivity index (χ4n) is 1.74. The molecule has 0 saturated heterocycles. The van der Waals surface area contributed by atoms with E-state index in [1.807, 2.05) is 18.4 Å². The van der Waals surface area contributed by atoms with E-state index in [9.17, 15) is 4.79 Å². The minimum absolute atomic E-state index is 0.436. The van der Waals surface area contributed by atoms with Gasteiger partial charge >= 0.3 is 5.97 Å². The van der Waals surface area contributed by atoms with Crippen molar-refractivity contribution < 1.29 is 9.53 Å². The average Bonchev–Trinajstić information content (AvgIpc) is 3.04. The number of hydrogen-bond acceptors (Lipinski definition) is 5. The molecule has 0 aliphatic heterocycles. The molecule has 3 rings (SSSR count). The number of rotatable bonds is 3. The molecule has 2 aromatic heterocycles. The maximum atomic E-state index is 11.7. The van der Waals surface area contributed by atoms with E-state index in [-0.39, 0.29) is 0 Å². The van der Waals surface area contributed by atoms with Crippen LogP contribution in [0.5, 0.6) is 5.75 Å². The van der Waals surface area contributed by atoms with Crippen LogP contribution in [0, 0.1) is 6.92 Å². The van der Waals surface area contributed by atoms with Crippen LogP contribution in [-0.2, 0) is 4.79 Å². The Morgan fingerprint density at radius 3 is 3.15 bits per heavy atom. The maximum absolute atomic E-state index is 11.7. The zero-order valence-corrected chi connectivity index (χ0v) is 11.5. The SMILES string of the molecule is Cc1nc(/C=C/C(=O)Oc2ccc3cn[nH]c3c2)cs1. The van der Waals surface area contributed by atoms with Crippen LogP contribution in [0.2, 0.25) is 0 Å². The number of fused-ring (bicyclic) bond motifs is 1. The van der Waals surface area contributed by atoms with E-state index < -0.39 is 5.97 Å². The zero-order valence-electron chi connectivity index (χ0n) is 10.7.